The Bertz CT molecular complexity index is 584. The first-order chi connectivity index (χ1) is 9.61. The molecule has 0 unspecified atom stereocenters. The summed E-state index contributed by atoms with van der Waals surface area (Å²) in [5.41, 5.74) is 3.31. The first kappa shape index (κ1) is 13.1. The second kappa shape index (κ2) is 4.60. The van der Waals surface area contributed by atoms with E-state index in [1.807, 2.05) is 36.4 Å². The zero-order chi connectivity index (χ0) is 14.2. The highest BCUT2D eigenvalue weighted by Gasteiger charge is 2.50. The zero-order valence-electron chi connectivity index (χ0n) is 12.0. The second-order valence-electron chi connectivity index (χ2n) is 6.08. The predicted octanol–water partition coefficient (Wildman–Crippen LogP) is 3.93. The van der Waals surface area contributed by atoms with Gasteiger partial charge in [-0.15, -0.1) is 0 Å². The van der Waals surface area contributed by atoms with Gasteiger partial charge in [-0.25, -0.2) is 0 Å². The van der Waals surface area contributed by atoms with Crippen LogP contribution in [0.5, 0.6) is 0 Å². The van der Waals surface area contributed by atoms with Crippen molar-refractivity contribution in [3.63, 3.8) is 0 Å². The molecule has 0 aromatic heterocycles. The molecule has 0 spiro atoms. The lowest BCUT2D eigenvalue weighted by Gasteiger charge is -2.34. The largest absolute Gasteiger partial charge is 0.395 e. The van der Waals surface area contributed by atoms with Gasteiger partial charge in [0.2, 0.25) is 0 Å². The standard InChI is InChI=1S/C19H20O/c1-18(2)13-17(18)19(14-20,15-9-5-3-6-10-15)16-11-7-4-8-12-16/h3-13,20H,14H2,1-2H3. The predicted molar refractivity (Wildman–Crippen MR) is 82.6 cm³/mol. The normalized spacial score (nSPS) is 16.6. The summed E-state index contributed by atoms with van der Waals surface area (Å²) in [5, 5.41) is 10.3. The Morgan fingerprint density at radius 1 is 0.850 bits per heavy atom. The van der Waals surface area contributed by atoms with Crippen molar-refractivity contribution in [2.45, 2.75) is 19.3 Å². The van der Waals surface area contributed by atoms with E-state index < -0.39 is 5.41 Å². The van der Waals surface area contributed by atoms with Gasteiger partial charge in [-0.05, 0) is 16.7 Å². The van der Waals surface area contributed by atoms with E-state index in [0.717, 1.165) is 11.1 Å². The molecule has 1 heteroatoms. The number of hydrogen-bond donors (Lipinski definition) is 1. The van der Waals surface area contributed by atoms with Crippen LogP contribution in [0.3, 0.4) is 0 Å². The molecule has 2 aromatic rings. The molecule has 0 heterocycles. The minimum Gasteiger partial charge on any atom is -0.395 e. The molecule has 20 heavy (non-hydrogen) atoms. The summed E-state index contributed by atoms with van der Waals surface area (Å²) in [6.45, 7) is 4.51. The van der Waals surface area contributed by atoms with E-state index in [4.69, 9.17) is 0 Å². The minimum atomic E-state index is -0.411. The SMILES string of the molecule is CC1(C)C=C1C(CO)(c1ccccc1)c1ccccc1. The van der Waals surface area contributed by atoms with Crippen LogP contribution in [0.2, 0.25) is 0 Å². The van der Waals surface area contributed by atoms with E-state index in [2.05, 4.69) is 44.2 Å². The summed E-state index contributed by atoms with van der Waals surface area (Å²) in [7, 11) is 0. The third kappa shape index (κ3) is 1.90. The van der Waals surface area contributed by atoms with Crippen molar-refractivity contribution in [2.24, 2.45) is 5.41 Å². The number of aliphatic hydroxyl groups excluding tert-OH is 1. The van der Waals surface area contributed by atoms with Gasteiger partial charge in [0.05, 0.1) is 12.0 Å². The van der Waals surface area contributed by atoms with Gasteiger partial charge in [0.1, 0.15) is 0 Å². The highest BCUT2D eigenvalue weighted by atomic mass is 16.3. The third-order valence-electron chi connectivity index (χ3n) is 4.35. The van der Waals surface area contributed by atoms with Gasteiger partial charge in [-0.2, -0.15) is 0 Å². The van der Waals surface area contributed by atoms with Gasteiger partial charge in [-0.3, -0.25) is 0 Å². The Morgan fingerprint density at radius 3 is 1.55 bits per heavy atom. The van der Waals surface area contributed by atoms with E-state index in [1.165, 1.54) is 5.57 Å². The molecule has 3 rings (SSSR count). The van der Waals surface area contributed by atoms with Crippen molar-refractivity contribution in [1.29, 1.82) is 0 Å². The second-order valence-corrected chi connectivity index (χ2v) is 6.08. The summed E-state index contributed by atoms with van der Waals surface area (Å²) in [6.07, 6.45) is 2.27. The fourth-order valence-electron chi connectivity index (χ4n) is 3.19. The number of allylic oxidation sites excluding steroid dienone is 1. The fraction of sp³-hybridized carbons (Fsp3) is 0.263. The van der Waals surface area contributed by atoms with Crippen LogP contribution < -0.4 is 0 Å². The first-order valence-electron chi connectivity index (χ1n) is 7.07. The van der Waals surface area contributed by atoms with Gasteiger partial charge in [-0.1, -0.05) is 80.6 Å². The van der Waals surface area contributed by atoms with Crippen LogP contribution in [0.15, 0.2) is 72.3 Å². The molecular weight excluding hydrogens is 244 g/mol. The monoisotopic (exact) mass is 264 g/mol. The van der Waals surface area contributed by atoms with Crippen molar-refractivity contribution >= 4 is 0 Å². The lowest BCUT2D eigenvalue weighted by atomic mass is 9.70. The average molecular weight is 264 g/mol. The van der Waals surface area contributed by atoms with E-state index in [-0.39, 0.29) is 12.0 Å². The van der Waals surface area contributed by atoms with E-state index >= 15 is 0 Å². The van der Waals surface area contributed by atoms with Gasteiger partial charge in [0.25, 0.3) is 0 Å². The number of benzene rings is 2. The molecule has 0 radical (unpaired) electrons. The first-order valence-corrected chi connectivity index (χ1v) is 7.07. The maximum Gasteiger partial charge on any atom is 0.0650 e. The molecule has 1 aliphatic rings. The molecule has 0 amide bonds. The van der Waals surface area contributed by atoms with Crippen LogP contribution in [-0.2, 0) is 5.41 Å². The summed E-state index contributed by atoms with van der Waals surface area (Å²) < 4.78 is 0. The smallest absolute Gasteiger partial charge is 0.0650 e. The van der Waals surface area contributed by atoms with Crippen LogP contribution in [0.1, 0.15) is 25.0 Å². The topological polar surface area (TPSA) is 20.2 Å². The maximum atomic E-state index is 10.3. The minimum absolute atomic E-state index is 0.0917. The average Bonchev–Trinajstić information content (AvgIpc) is 3.12. The molecule has 0 saturated heterocycles. The van der Waals surface area contributed by atoms with Crippen molar-refractivity contribution in [1.82, 2.24) is 0 Å². The van der Waals surface area contributed by atoms with Crippen LogP contribution in [-0.4, -0.2) is 11.7 Å². The van der Waals surface area contributed by atoms with Crippen LogP contribution >= 0.6 is 0 Å². The summed E-state index contributed by atoms with van der Waals surface area (Å²) >= 11 is 0. The molecule has 1 aliphatic carbocycles. The van der Waals surface area contributed by atoms with Gasteiger partial charge < -0.3 is 5.11 Å². The summed E-state index contributed by atoms with van der Waals surface area (Å²) in [4.78, 5) is 0. The number of hydrogen-bond acceptors (Lipinski definition) is 1. The van der Waals surface area contributed by atoms with Gasteiger partial charge in [0, 0.05) is 5.41 Å². The summed E-state index contributed by atoms with van der Waals surface area (Å²) in [6, 6.07) is 20.6. The highest BCUT2D eigenvalue weighted by molar-refractivity contribution is 5.58. The van der Waals surface area contributed by atoms with Crippen molar-refractivity contribution in [3.05, 3.63) is 83.4 Å². The number of aliphatic hydroxyl groups is 1. The van der Waals surface area contributed by atoms with E-state index in [9.17, 15) is 5.11 Å². The molecule has 2 aromatic carbocycles. The maximum absolute atomic E-state index is 10.3. The molecule has 0 aliphatic heterocycles. The van der Waals surface area contributed by atoms with Gasteiger partial charge in [0.15, 0.2) is 0 Å². The van der Waals surface area contributed by atoms with E-state index in [0.29, 0.717) is 0 Å². The van der Waals surface area contributed by atoms with Gasteiger partial charge >= 0.3 is 0 Å². The molecule has 1 nitrogen and oxygen atoms in total. The Kier molecular flexibility index (Phi) is 3.02. The van der Waals surface area contributed by atoms with Crippen molar-refractivity contribution < 1.29 is 5.11 Å². The lowest BCUT2D eigenvalue weighted by Crippen LogP contribution is -2.33. The molecular formula is C19H20O. The van der Waals surface area contributed by atoms with Crippen LogP contribution in [0.4, 0.5) is 0 Å². The lowest BCUT2D eigenvalue weighted by molar-refractivity contribution is 0.237. The van der Waals surface area contributed by atoms with Crippen LogP contribution in [0, 0.1) is 5.41 Å². The fourth-order valence-corrected chi connectivity index (χ4v) is 3.19. The highest BCUT2D eigenvalue weighted by Crippen LogP contribution is 2.56. The van der Waals surface area contributed by atoms with E-state index in [1.54, 1.807) is 0 Å². The van der Waals surface area contributed by atoms with Crippen molar-refractivity contribution in [3.8, 4) is 0 Å². The van der Waals surface area contributed by atoms with Crippen LogP contribution in [0.25, 0.3) is 0 Å². The quantitative estimate of drug-likeness (QED) is 0.830. The Balaban J connectivity index is 2.20. The zero-order valence-corrected chi connectivity index (χ0v) is 12.0. The molecule has 0 bridgehead atoms. The Morgan fingerprint density at radius 2 is 1.25 bits per heavy atom. The summed E-state index contributed by atoms with van der Waals surface area (Å²) in [5.74, 6) is 0. The molecule has 1 N–H and O–H groups in total. The Labute approximate surface area is 120 Å². The molecule has 102 valence electrons. The molecule has 0 saturated carbocycles. The Hall–Kier alpha value is -1.86. The van der Waals surface area contributed by atoms with Crippen molar-refractivity contribution in [2.75, 3.05) is 6.61 Å². The third-order valence-corrected chi connectivity index (χ3v) is 4.35. The number of rotatable bonds is 4. The molecule has 0 fully saturated rings. The molecule has 0 atom stereocenters.